The summed E-state index contributed by atoms with van der Waals surface area (Å²) in [5.41, 5.74) is -0.221. The second-order valence-electron chi connectivity index (χ2n) is 5.04. The van der Waals surface area contributed by atoms with E-state index in [2.05, 4.69) is 5.32 Å². The average Bonchev–Trinajstić information content (AvgIpc) is 3.23. The Morgan fingerprint density at radius 1 is 1.14 bits per heavy atom. The zero-order valence-corrected chi connectivity index (χ0v) is 11.2. The van der Waals surface area contributed by atoms with E-state index >= 15 is 0 Å². The first-order valence-electron chi connectivity index (χ1n) is 6.46. The van der Waals surface area contributed by atoms with E-state index in [1.165, 1.54) is 0 Å². The maximum atomic E-state index is 13.4. The van der Waals surface area contributed by atoms with E-state index < -0.39 is 53.4 Å². The Balaban J connectivity index is 1.89. The van der Waals surface area contributed by atoms with E-state index in [0.29, 0.717) is 0 Å². The van der Waals surface area contributed by atoms with Crippen LogP contribution in [0.1, 0.15) is 18.4 Å². The number of carboxylic acids is 1. The molecule has 0 bridgehead atoms. The molecule has 0 aliphatic heterocycles. The van der Waals surface area contributed by atoms with Gasteiger partial charge >= 0.3 is 5.97 Å². The standard InChI is InChI=1S/C14H12F3NO4/c15-9-2-1-6(12(16)13(9)17)5-18-14(22)8-3-7(8)10(19)4-11(20)21/h1-2,7-8H,3-5H2,(H,18,22)(H,20,21). The van der Waals surface area contributed by atoms with Crippen molar-refractivity contribution in [1.82, 2.24) is 5.32 Å². The summed E-state index contributed by atoms with van der Waals surface area (Å²) < 4.78 is 39.2. The lowest BCUT2D eigenvalue weighted by Crippen LogP contribution is -2.26. The van der Waals surface area contributed by atoms with Crippen molar-refractivity contribution in [1.29, 1.82) is 0 Å². The van der Waals surface area contributed by atoms with Gasteiger partial charge in [0.2, 0.25) is 5.91 Å². The highest BCUT2D eigenvalue weighted by molar-refractivity contribution is 6.01. The molecule has 118 valence electrons. The van der Waals surface area contributed by atoms with Crippen molar-refractivity contribution in [3.8, 4) is 0 Å². The van der Waals surface area contributed by atoms with Crippen LogP contribution in [0.25, 0.3) is 0 Å². The van der Waals surface area contributed by atoms with Crippen molar-refractivity contribution < 1.29 is 32.7 Å². The lowest BCUT2D eigenvalue weighted by molar-refractivity contribution is -0.141. The fourth-order valence-electron chi connectivity index (χ4n) is 2.14. The normalized spacial score (nSPS) is 19.6. The summed E-state index contributed by atoms with van der Waals surface area (Å²) in [5.74, 6) is -7.97. The Morgan fingerprint density at radius 2 is 1.82 bits per heavy atom. The Labute approximate surface area is 123 Å². The van der Waals surface area contributed by atoms with Crippen LogP contribution in [0.4, 0.5) is 13.2 Å². The minimum atomic E-state index is -1.62. The van der Waals surface area contributed by atoms with Crippen LogP contribution in [0.15, 0.2) is 12.1 Å². The molecule has 2 N–H and O–H groups in total. The number of hydrogen-bond acceptors (Lipinski definition) is 3. The summed E-state index contributed by atoms with van der Waals surface area (Å²) in [6.45, 7) is -0.349. The Bertz CT molecular complexity index is 647. The molecule has 0 saturated heterocycles. The number of rotatable bonds is 6. The molecule has 22 heavy (non-hydrogen) atoms. The predicted molar refractivity (Wildman–Crippen MR) is 67.0 cm³/mol. The molecule has 1 aliphatic carbocycles. The van der Waals surface area contributed by atoms with Gasteiger partial charge in [0.1, 0.15) is 12.2 Å². The molecule has 5 nitrogen and oxygen atoms in total. The lowest BCUT2D eigenvalue weighted by atomic mass is 10.1. The molecule has 0 aromatic heterocycles. The van der Waals surface area contributed by atoms with Crippen molar-refractivity contribution >= 4 is 17.7 Å². The Kier molecular flexibility index (Phi) is 4.48. The number of benzene rings is 1. The minimum Gasteiger partial charge on any atom is -0.481 e. The SMILES string of the molecule is O=C(O)CC(=O)C1CC1C(=O)NCc1ccc(F)c(F)c1F. The third-order valence-corrected chi connectivity index (χ3v) is 3.43. The van der Waals surface area contributed by atoms with E-state index in [9.17, 15) is 27.6 Å². The number of carboxylic acid groups (broad SMARTS) is 1. The molecule has 8 heteroatoms. The number of Topliss-reactive ketones (excluding diaryl/α,β-unsaturated/α-hetero) is 1. The number of ketones is 1. The van der Waals surface area contributed by atoms with Crippen LogP contribution in [-0.2, 0) is 20.9 Å². The smallest absolute Gasteiger partial charge is 0.310 e. The average molecular weight is 315 g/mol. The van der Waals surface area contributed by atoms with Crippen LogP contribution >= 0.6 is 0 Å². The molecular formula is C14H12F3NO4. The van der Waals surface area contributed by atoms with Gasteiger partial charge in [-0.15, -0.1) is 0 Å². The van der Waals surface area contributed by atoms with Crippen molar-refractivity contribution in [2.24, 2.45) is 11.8 Å². The van der Waals surface area contributed by atoms with E-state index in [1.54, 1.807) is 0 Å². The van der Waals surface area contributed by atoms with Gasteiger partial charge in [0, 0.05) is 23.9 Å². The summed E-state index contributed by atoms with van der Waals surface area (Å²) in [7, 11) is 0. The first-order chi connectivity index (χ1) is 10.3. The number of amides is 1. The minimum absolute atomic E-state index is 0.221. The molecule has 1 amide bonds. The molecule has 2 atom stereocenters. The highest BCUT2D eigenvalue weighted by Crippen LogP contribution is 2.40. The summed E-state index contributed by atoms with van der Waals surface area (Å²) >= 11 is 0. The maximum Gasteiger partial charge on any atom is 0.310 e. The molecule has 0 radical (unpaired) electrons. The molecule has 1 aliphatic rings. The topological polar surface area (TPSA) is 83.5 Å². The van der Waals surface area contributed by atoms with E-state index in [0.717, 1.165) is 12.1 Å². The van der Waals surface area contributed by atoms with E-state index in [1.807, 2.05) is 0 Å². The largest absolute Gasteiger partial charge is 0.481 e. The van der Waals surface area contributed by atoms with Gasteiger partial charge in [0.25, 0.3) is 0 Å². The van der Waals surface area contributed by atoms with Gasteiger partial charge < -0.3 is 10.4 Å². The number of halogens is 3. The number of hydrogen-bond donors (Lipinski definition) is 2. The number of nitrogens with one attached hydrogen (secondary N) is 1. The summed E-state index contributed by atoms with van der Waals surface area (Å²) in [6.07, 6.45) is -0.412. The van der Waals surface area contributed by atoms with Gasteiger partial charge in [0.15, 0.2) is 17.5 Å². The number of carbonyl (C=O) groups excluding carboxylic acids is 2. The van der Waals surface area contributed by atoms with Gasteiger partial charge in [0.05, 0.1) is 0 Å². The quantitative estimate of drug-likeness (QED) is 0.614. The van der Waals surface area contributed by atoms with Crippen LogP contribution < -0.4 is 5.32 Å². The Hall–Kier alpha value is -2.38. The zero-order chi connectivity index (χ0) is 16.4. The van der Waals surface area contributed by atoms with Gasteiger partial charge in [-0.05, 0) is 12.5 Å². The second-order valence-corrected chi connectivity index (χ2v) is 5.04. The van der Waals surface area contributed by atoms with Gasteiger partial charge in [-0.1, -0.05) is 6.07 Å². The van der Waals surface area contributed by atoms with Gasteiger partial charge in [-0.25, -0.2) is 13.2 Å². The van der Waals surface area contributed by atoms with Crippen LogP contribution in [0.3, 0.4) is 0 Å². The van der Waals surface area contributed by atoms with Crippen LogP contribution in [0, 0.1) is 29.3 Å². The third kappa shape index (κ3) is 3.44. The monoisotopic (exact) mass is 315 g/mol. The van der Waals surface area contributed by atoms with Crippen LogP contribution in [0.5, 0.6) is 0 Å². The van der Waals surface area contributed by atoms with E-state index in [4.69, 9.17) is 5.11 Å². The molecule has 1 aromatic rings. The molecule has 1 fully saturated rings. The summed E-state index contributed by atoms with van der Waals surface area (Å²) in [4.78, 5) is 33.6. The molecule has 1 saturated carbocycles. The summed E-state index contributed by atoms with van der Waals surface area (Å²) in [6, 6.07) is 1.75. The zero-order valence-electron chi connectivity index (χ0n) is 11.2. The summed E-state index contributed by atoms with van der Waals surface area (Å²) in [5, 5.41) is 10.8. The molecule has 2 unspecified atom stereocenters. The van der Waals surface area contributed by atoms with E-state index in [-0.39, 0.29) is 18.5 Å². The second kappa shape index (κ2) is 6.17. The molecule has 2 rings (SSSR count). The number of aliphatic carboxylic acids is 1. The highest BCUT2D eigenvalue weighted by atomic mass is 19.2. The first kappa shape index (κ1) is 16.0. The third-order valence-electron chi connectivity index (χ3n) is 3.43. The number of carbonyl (C=O) groups is 3. The predicted octanol–water partition coefficient (Wildman–Crippen LogP) is 1.40. The fraction of sp³-hybridized carbons (Fsp3) is 0.357. The van der Waals surface area contributed by atoms with Gasteiger partial charge in [-0.2, -0.15) is 0 Å². The molecule has 0 spiro atoms. The van der Waals surface area contributed by atoms with Crippen LogP contribution in [-0.4, -0.2) is 22.8 Å². The fourth-order valence-corrected chi connectivity index (χ4v) is 2.14. The highest BCUT2D eigenvalue weighted by Gasteiger charge is 2.47. The Morgan fingerprint density at radius 3 is 2.45 bits per heavy atom. The van der Waals surface area contributed by atoms with Crippen molar-refractivity contribution in [2.75, 3.05) is 0 Å². The lowest BCUT2D eigenvalue weighted by Gasteiger charge is -2.07. The van der Waals surface area contributed by atoms with Crippen LogP contribution in [0.2, 0.25) is 0 Å². The van der Waals surface area contributed by atoms with Crippen molar-refractivity contribution in [3.05, 3.63) is 35.1 Å². The molecule has 1 aromatic carbocycles. The molecule has 0 heterocycles. The van der Waals surface area contributed by atoms with Gasteiger partial charge in [-0.3, -0.25) is 14.4 Å². The molecular weight excluding hydrogens is 303 g/mol. The maximum absolute atomic E-state index is 13.4. The first-order valence-corrected chi connectivity index (χ1v) is 6.46. The van der Waals surface area contributed by atoms with Crippen molar-refractivity contribution in [3.63, 3.8) is 0 Å². The van der Waals surface area contributed by atoms with Crippen molar-refractivity contribution in [2.45, 2.75) is 19.4 Å².